The fourth-order valence-corrected chi connectivity index (χ4v) is 2.56. The van der Waals surface area contributed by atoms with Gasteiger partial charge in [-0.25, -0.2) is 4.98 Å². The van der Waals surface area contributed by atoms with Crippen molar-refractivity contribution < 1.29 is 4.74 Å². The molecule has 0 spiro atoms. The Morgan fingerprint density at radius 3 is 2.86 bits per heavy atom. The number of hydrogen-bond donors (Lipinski definition) is 1. The minimum absolute atomic E-state index is 0.571. The Kier molecular flexibility index (Phi) is 6.78. The average Bonchev–Trinajstić information content (AvgIpc) is 3.31. The highest BCUT2D eigenvalue weighted by Gasteiger charge is 2.20. The number of ether oxygens (including phenoxy) is 1. The molecule has 118 valence electrons. The van der Waals surface area contributed by atoms with Crippen molar-refractivity contribution >= 4 is 11.6 Å². The van der Waals surface area contributed by atoms with Crippen LogP contribution in [0.5, 0.6) is 5.88 Å². The zero-order valence-corrected chi connectivity index (χ0v) is 14.0. The van der Waals surface area contributed by atoms with Gasteiger partial charge >= 0.3 is 0 Å². The molecule has 0 bridgehead atoms. The van der Waals surface area contributed by atoms with E-state index >= 15 is 0 Å². The van der Waals surface area contributed by atoms with Gasteiger partial charge in [-0.2, -0.15) is 0 Å². The summed E-state index contributed by atoms with van der Waals surface area (Å²) >= 11 is 6.28. The van der Waals surface area contributed by atoms with Crippen LogP contribution in [-0.4, -0.2) is 17.6 Å². The van der Waals surface area contributed by atoms with Gasteiger partial charge in [0.25, 0.3) is 0 Å². The minimum Gasteiger partial charge on any atom is -0.476 e. The van der Waals surface area contributed by atoms with Gasteiger partial charge in [-0.3, -0.25) is 0 Å². The van der Waals surface area contributed by atoms with Crippen LogP contribution in [0.15, 0.2) is 12.3 Å². The molecule has 1 aliphatic carbocycles. The third-order valence-electron chi connectivity index (χ3n) is 4.04. The van der Waals surface area contributed by atoms with Crippen molar-refractivity contribution in [2.24, 2.45) is 5.92 Å². The number of aromatic nitrogens is 1. The summed E-state index contributed by atoms with van der Waals surface area (Å²) in [4.78, 5) is 4.37. The third-order valence-corrected chi connectivity index (χ3v) is 4.31. The van der Waals surface area contributed by atoms with Crippen LogP contribution < -0.4 is 10.1 Å². The highest BCUT2D eigenvalue weighted by atomic mass is 35.5. The fraction of sp³-hybridized carbons (Fsp3) is 0.706. The molecule has 2 rings (SSSR count). The molecule has 0 aromatic carbocycles. The molecule has 1 aliphatic rings. The van der Waals surface area contributed by atoms with Crippen LogP contribution in [0.2, 0.25) is 5.02 Å². The number of nitrogens with zero attached hydrogens (tertiary/aromatic N) is 1. The normalized spacial score (nSPS) is 16.0. The highest BCUT2D eigenvalue weighted by molar-refractivity contribution is 6.31. The smallest absolute Gasteiger partial charge is 0.232 e. The largest absolute Gasteiger partial charge is 0.476 e. The Labute approximate surface area is 133 Å². The molecular weight excluding hydrogens is 284 g/mol. The molecule has 1 unspecified atom stereocenters. The molecule has 1 atom stereocenters. The monoisotopic (exact) mass is 310 g/mol. The molecule has 0 saturated heterocycles. The van der Waals surface area contributed by atoms with Gasteiger partial charge in [0.2, 0.25) is 5.88 Å². The summed E-state index contributed by atoms with van der Waals surface area (Å²) in [5, 5.41) is 4.08. The van der Waals surface area contributed by atoms with Gasteiger partial charge in [0.15, 0.2) is 0 Å². The second kappa shape index (κ2) is 8.60. The lowest BCUT2D eigenvalue weighted by atomic mass is 10.0. The number of hydrogen-bond acceptors (Lipinski definition) is 3. The lowest BCUT2D eigenvalue weighted by Crippen LogP contribution is -2.16. The SMILES string of the molecule is CCCCC(CC)COc1ncc(CNC2CC2)cc1Cl. The topological polar surface area (TPSA) is 34.1 Å². The number of pyridine rings is 1. The molecule has 0 amide bonds. The Morgan fingerprint density at radius 2 is 2.24 bits per heavy atom. The number of rotatable bonds is 10. The summed E-state index contributed by atoms with van der Waals surface area (Å²) in [7, 11) is 0. The average molecular weight is 311 g/mol. The minimum atomic E-state index is 0.571. The van der Waals surface area contributed by atoms with E-state index in [-0.39, 0.29) is 0 Å². The molecule has 0 radical (unpaired) electrons. The van der Waals surface area contributed by atoms with Crippen LogP contribution in [-0.2, 0) is 6.54 Å². The van der Waals surface area contributed by atoms with E-state index < -0.39 is 0 Å². The van der Waals surface area contributed by atoms with Crippen molar-refractivity contribution in [2.75, 3.05) is 6.61 Å². The molecule has 1 N–H and O–H groups in total. The number of halogens is 1. The maximum absolute atomic E-state index is 6.28. The van der Waals surface area contributed by atoms with Gasteiger partial charge in [-0.05, 0) is 36.8 Å². The second-order valence-electron chi connectivity index (χ2n) is 6.01. The van der Waals surface area contributed by atoms with E-state index in [1.54, 1.807) is 0 Å². The van der Waals surface area contributed by atoms with Gasteiger partial charge in [0.05, 0.1) is 6.61 Å². The van der Waals surface area contributed by atoms with Crippen molar-refractivity contribution in [3.63, 3.8) is 0 Å². The molecule has 4 heteroatoms. The lowest BCUT2D eigenvalue weighted by Gasteiger charge is -2.16. The molecular formula is C17H27ClN2O. The second-order valence-corrected chi connectivity index (χ2v) is 6.42. The highest BCUT2D eigenvalue weighted by Crippen LogP contribution is 2.25. The van der Waals surface area contributed by atoms with Crippen molar-refractivity contribution in [1.82, 2.24) is 10.3 Å². The standard InChI is InChI=1S/C17H27ClN2O/c1-3-5-6-13(4-2)12-21-17-16(18)9-14(11-20-17)10-19-15-7-8-15/h9,11,13,15,19H,3-8,10,12H2,1-2H3. The Hall–Kier alpha value is -0.800. The van der Waals surface area contributed by atoms with E-state index in [1.807, 2.05) is 12.3 Å². The van der Waals surface area contributed by atoms with E-state index in [1.165, 1.54) is 32.1 Å². The van der Waals surface area contributed by atoms with Crippen molar-refractivity contribution in [2.45, 2.75) is 65.0 Å². The van der Waals surface area contributed by atoms with Gasteiger partial charge in [0.1, 0.15) is 5.02 Å². The number of unbranched alkanes of at least 4 members (excludes halogenated alkanes) is 1. The van der Waals surface area contributed by atoms with Crippen molar-refractivity contribution in [3.8, 4) is 5.88 Å². The maximum atomic E-state index is 6.28. The quantitative estimate of drug-likeness (QED) is 0.686. The number of nitrogens with one attached hydrogen (secondary N) is 1. The van der Waals surface area contributed by atoms with Crippen LogP contribution in [0.1, 0.15) is 57.9 Å². The fourth-order valence-electron chi connectivity index (χ4n) is 2.31. The summed E-state index contributed by atoms with van der Waals surface area (Å²) in [6.07, 6.45) is 9.29. The van der Waals surface area contributed by atoms with E-state index in [4.69, 9.17) is 16.3 Å². The molecule has 1 fully saturated rings. The first-order valence-corrected chi connectivity index (χ1v) is 8.61. The van der Waals surface area contributed by atoms with Crippen LogP contribution >= 0.6 is 11.6 Å². The summed E-state index contributed by atoms with van der Waals surface area (Å²) in [6, 6.07) is 2.66. The molecule has 3 nitrogen and oxygen atoms in total. The lowest BCUT2D eigenvalue weighted by molar-refractivity contribution is 0.226. The summed E-state index contributed by atoms with van der Waals surface area (Å²) < 4.78 is 5.82. The first kappa shape index (κ1) is 16.6. The summed E-state index contributed by atoms with van der Waals surface area (Å²) in [5.74, 6) is 1.17. The van der Waals surface area contributed by atoms with Gasteiger partial charge in [0, 0.05) is 18.8 Å². The Morgan fingerprint density at radius 1 is 1.43 bits per heavy atom. The van der Waals surface area contributed by atoms with Crippen molar-refractivity contribution in [3.05, 3.63) is 22.8 Å². The van der Waals surface area contributed by atoms with Crippen molar-refractivity contribution in [1.29, 1.82) is 0 Å². The van der Waals surface area contributed by atoms with Gasteiger partial charge in [-0.15, -0.1) is 0 Å². The first-order valence-electron chi connectivity index (χ1n) is 8.23. The molecule has 1 saturated carbocycles. The molecule has 21 heavy (non-hydrogen) atoms. The molecule has 1 aromatic rings. The first-order chi connectivity index (χ1) is 10.2. The van der Waals surface area contributed by atoms with E-state index in [9.17, 15) is 0 Å². The van der Waals surface area contributed by atoms with E-state index in [0.717, 1.165) is 18.5 Å². The van der Waals surface area contributed by atoms with Crippen LogP contribution in [0.4, 0.5) is 0 Å². The summed E-state index contributed by atoms with van der Waals surface area (Å²) in [6.45, 7) is 5.99. The third kappa shape index (κ3) is 5.84. The predicted octanol–water partition coefficient (Wildman–Crippen LogP) is 4.58. The molecule has 1 aromatic heterocycles. The van der Waals surface area contributed by atoms with Crippen LogP contribution in [0.3, 0.4) is 0 Å². The maximum Gasteiger partial charge on any atom is 0.232 e. The van der Waals surface area contributed by atoms with Crippen LogP contribution in [0.25, 0.3) is 0 Å². The molecule has 0 aliphatic heterocycles. The Bertz CT molecular complexity index is 435. The van der Waals surface area contributed by atoms with E-state index in [2.05, 4.69) is 24.1 Å². The van der Waals surface area contributed by atoms with E-state index in [0.29, 0.717) is 29.5 Å². The summed E-state index contributed by atoms with van der Waals surface area (Å²) in [5.41, 5.74) is 1.12. The van der Waals surface area contributed by atoms with Gasteiger partial charge < -0.3 is 10.1 Å². The van der Waals surface area contributed by atoms with Gasteiger partial charge in [-0.1, -0.05) is 44.7 Å². The Balaban J connectivity index is 1.81. The zero-order chi connectivity index (χ0) is 15.1. The zero-order valence-electron chi connectivity index (χ0n) is 13.2. The van der Waals surface area contributed by atoms with Crippen LogP contribution in [0, 0.1) is 5.92 Å². The predicted molar refractivity (Wildman–Crippen MR) is 87.9 cm³/mol. The molecule has 1 heterocycles.